The number of carbonyl (C=O) groups is 1. The standard InChI is InChI=1S/C13H8F2N2O4/c14-8-3-4-9(10(15)6-8)12(18)7-16-5-1-2-11(13(16)19)17(20)21/h1-6H,7H2. The zero-order valence-corrected chi connectivity index (χ0v) is 10.5. The lowest BCUT2D eigenvalue weighted by Gasteiger charge is -2.05. The summed E-state index contributed by atoms with van der Waals surface area (Å²) in [6.07, 6.45) is 1.18. The van der Waals surface area contributed by atoms with Gasteiger partial charge in [0.25, 0.3) is 0 Å². The molecule has 1 aromatic heterocycles. The van der Waals surface area contributed by atoms with Gasteiger partial charge in [-0.3, -0.25) is 19.7 Å². The zero-order chi connectivity index (χ0) is 15.6. The van der Waals surface area contributed by atoms with Crippen LogP contribution >= 0.6 is 0 Å². The smallest absolute Gasteiger partial charge is 0.302 e. The summed E-state index contributed by atoms with van der Waals surface area (Å²) in [5.74, 6) is -2.69. The summed E-state index contributed by atoms with van der Waals surface area (Å²) in [7, 11) is 0. The molecule has 0 spiro atoms. The number of Topliss-reactive ketones (excluding diaryl/α,β-unsaturated/α-hetero) is 1. The van der Waals surface area contributed by atoms with Crippen LogP contribution in [-0.2, 0) is 6.54 Å². The molecule has 0 aliphatic heterocycles. The van der Waals surface area contributed by atoms with Gasteiger partial charge in [-0.1, -0.05) is 0 Å². The average Bonchev–Trinajstić information content (AvgIpc) is 2.40. The Kier molecular flexibility index (Phi) is 3.88. The molecule has 2 aromatic rings. The highest BCUT2D eigenvalue weighted by Crippen LogP contribution is 2.11. The van der Waals surface area contributed by atoms with Gasteiger partial charge in [-0.2, -0.15) is 0 Å². The molecule has 0 N–H and O–H groups in total. The van der Waals surface area contributed by atoms with Crippen LogP contribution < -0.4 is 5.56 Å². The highest BCUT2D eigenvalue weighted by molar-refractivity contribution is 5.96. The van der Waals surface area contributed by atoms with Gasteiger partial charge >= 0.3 is 11.2 Å². The van der Waals surface area contributed by atoms with Gasteiger partial charge in [-0.25, -0.2) is 8.78 Å². The molecule has 0 atom stereocenters. The van der Waals surface area contributed by atoms with E-state index < -0.39 is 45.7 Å². The second-order valence-electron chi connectivity index (χ2n) is 4.13. The van der Waals surface area contributed by atoms with Gasteiger partial charge in [-0.15, -0.1) is 0 Å². The molecular weight excluding hydrogens is 286 g/mol. The molecule has 6 nitrogen and oxygen atoms in total. The predicted molar refractivity (Wildman–Crippen MR) is 68.0 cm³/mol. The van der Waals surface area contributed by atoms with Crippen molar-refractivity contribution in [1.29, 1.82) is 0 Å². The van der Waals surface area contributed by atoms with Crippen LogP contribution in [0.5, 0.6) is 0 Å². The second-order valence-corrected chi connectivity index (χ2v) is 4.13. The molecule has 0 amide bonds. The normalized spacial score (nSPS) is 10.4. The van der Waals surface area contributed by atoms with Crippen molar-refractivity contribution in [1.82, 2.24) is 4.57 Å². The maximum atomic E-state index is 13.5. The second kappa shape index (κ2) is 5.61. The van der Waals surface area contributed by atoms with E-state index in [-0.39, 0.29) is 0 Å². The fourth-order valence-corrected chi connectivity index (χ4v) is 1.74. The van der Waals surface area contributed by atoms with Gasteiger partial charge in [0.1, 0.15) is 11.6 Å². The summed E-state index contributed by atoms with van der Waals surface area (Å²) < 4.78 is 27.0. The van der Waals surface area contributed by atoms with E-state index in [1.165, 1.54) is 12.3 Å². The molecule has 0 aliphatic rings. The highest BCUT2D eigenvalue weighted by atomic mass is 19.1. The zero-order valence-electron chi connectivity index (χ0n) is 10.5. The molecule has 0 radical (unpaired) electrons. The molecule has 0 unspecified atom stereocenters. The Morgan fingerprint density at radius 1 is 1.29 bits per heavy atom. The number of rotatable bonds is 4. The number of halogens is 2. The van der Waals surface area contributed by atoms with Crippen LogP contribution in [0.1, 0.15) is 10.4 Å². The van der Waals surface area contributed by atoms with Crippen LogP contribution in [0.15, 0.2) is 41.3 Å². The van der Waals surface area contributed by atoms with Gasteiger partial charge in [-0.05, 0) is 18.2 Å². The van der Waals surface area contributed by atoms with Crippen LogP contribution in [0, 0.1) is 21.7 Å². The first-order chi connectivity index (χ1) is 9.90. The highest BCUT2D eigenvalue weighted by Gasteiger charge is 2.17. The topological polar surface area (TPSA) is 82.2 Å². The molecular formula is C13H8F2N2O4. The Bertz CT molecular complexity index is 786. The van der Waals surface area contributed by atoms with E-state index in [1.54, 1.807) is 0 Å². The quantitative estimate of drug-likeness (QED) is 0.490. The molecule has 108 valence electrons. The Labute approximate surface area is 116 Å². The molecule has 1 heterocycles. The van der Waals surface area contributed by atoms with Crippen molar-refractivity contribution in [3.63, 3.8) is 0 Å². The summed E-state index contributed by atoms with van der Waals surface area (Å²) in [6, 6.07) is 4.64. The Morgan fingerprint density at radius 3 is 2.62 bits per heavy atom. The van der Waals surface area contributed by atoms with Crippen molar-refractivity contribution >= 4 is 11.5 Å². The Hall–Kier alpha value is -2.90. The van der Waals surface area contributed by atoms with Gasteiger partial charge < -0.3 is 4.57 Å². The van der Waals surface area contributed by atoms with Crippen molar-refractivity contribution in [2.45, 2.75) is 6.54 Å². The average molecular weight is 294 g/mol. The lowest BCUT2D eigenvalue weighted by atomic mass is 10.1. The van der Waals surface area contributed by atoms with E-state index in [2.05, 4.69) is 0 Å². The van der Waals surface area contributed by atoms with E-state index in [0.29, 0.717) is 6.07 Å². The van der Waals surface area contributed by atoms with Crippen molar-refractivity contribution in [3.8, 4) is 0 Å². The number of nitrogens with zero attached hydrogens (tertiary/aromatic N) is 2. The number of hydrogen-bond donors (Lipinski definition) is 0. The lowest BCUT2D eigenvalue weighted by Crippen LogP contribution is -2.25. The minimum absolute atomic E-state index is 0.394. The van der Waals surface area contributed by atoms with E-state index in [4.69, 9.17) is 0 Å². The molecule has 8 heteroatoms. The maximum Gasteiger partial charge on any atom is 0.334 e. The molecule has 0 saturated carbocycles. The predicted octanol–water partition coefficient (Wildman–Crippen LogP) is 1.92. The van der Waals surface area contributed by atoms with Gasteiger partial charge in [0.15, 0.2) is 5.78 Å². The first-order valence-corrected chi connectivity index (χ1v) is 5.72. The molecule has 2 rings (SSSR count). The molecule has 0 saturated heterocycles. The van der Waals surface area contributed by atoms with Crippen molar-refractivity contribution in [2.75, 3.05) is 0 Å². The van der Waals surface area contributed by atoms with Crippen molar-refractivity contribution < 1.29 is 18.5 Å². The van der Waals surface area contributed by atoms with E-state index >= 15 is 0 Å². The Balaban J connectivity index is 2.34. The number of carbonyl (C=O) groups excluding carboxylic acids is 1. The van der Waals surface area contributed by atoms with Gasteiger partial charge in [0.2, 0.25) is 0 Å². The van der Waals surface area contributed by atoms with E-state index in [1.807, 2.05) is 0 Å². The van der Waals surface area contributed by atoms with Gasteiger partial charge in [0, 0.05) is 18.3 Å². The SMILES string of the molecule is O=C(Cn1cccc([N+](=O)[O-])c1=O)c1ccc(F)cc1F. The van der Waals surface area contributed by atoms with Crippen molar-refractivity contribution in [2.24, 2.45) is 0 Å². The first kappa shape index (κ1) is 14.5. The summed E-state index contributed by atoms with van der Waals surface area (Å²) in [6.45, 7) is -0.580. The minimum Gasteiger partial charge on any atom is -0.302 e. The van der Waals surface area contributed by atoms with Crippen LogP contribution in [0.4, 0.5) is 14.5 Å². The van der Waals surface area contributed by atoms with Crippen LogP contribution in [0.3, 0.4) is 0 Å². The first-order valence-electron chi connectivity index (χ1n) is 5.72. The molecule has 0 aliphatic carbocycles. The maximum absolute atomic E-state index is 13.5. The summed E-state index contributed by atoms with van der Waals surface area (Å²) in [5, 5.41) is 10.6. The number of hydrogen-bond acceptors (Lipinski definition) is 4. The molecule has 21 heavy (non-hydrogen) atoms. The third-order valence-corrected chi connectivity index (χ3v) is 2.74. The fourth-order valence-electron chi connectivity index (χ4n) is 1.74. The third kappa shape index (κ3) is 2.99. The number of ketones is 1. The number of benzene rings is 1. The summed E-state index contributed by atoms with van der Waals surface area (Å²) >= 11 is 0. The number of pyridine rings is 1. The van der Waals surface area contributed by atoms with Crippen LogP contribution in [0.2, 0.25) is 0 Å². The lowest BCUT2D eigenvalue weighted by molar-refractivity contribution is -0.386. The van der Waals surface area contributed by atoms with E-state index in [9.17, 15) is 28.5 Å². The van der Waals surface area contributed by atoms with Crippen LogP contribution in [-0.4, -0.2) is 15.3 Å². The van der Waals surface area contributed by atoms with E-state index in [0.717, 1.165) is 22.8 Å². The molecule has 0 bridgehead atoms. The van der Waals surface area contributed by atoms with Gasteiger partial charge in [0.05, 0.1) is 17.0 Å². The minimum atomic E-state index is -1.06. The Morgan fingerprint density at radius 2 is 2.00 bits per heavy atom. The fraction of sp³-hybridized carbons (Fsp3) is 0.0769. The monoisotopic (exact) mass is 294 g/mol. The summed E-state index contributed by atoms with van der Waals surface area (Å²) in [4.78, 5) is 33.4. The van der Waals surface area contributed by atoms with Crippen LogP contribution in [0.25, 0.3) is 0 Å². The molecule has 1 aromatic carbocycles. The number of nitro groups is 1. The largest absolute Gasteiger partial charge is 0.334 e. The summed E-state index contributed by atoms with van der Waals surface area (Å²) in [5.41, 5.74) is -2.06. The third-order valence-electron chi connectivity index (χ3n) is 2.74. The van der Waals surface area contributed by atoms with Crippen molar-refractivity contribution in [3.05, 3.63) is 74.2 Å². The number of aromatic nitrogens is 1. The molecule has 0 fully saturated rings.